The van der Waals surface area contributed by atoms with Gasteiger partial charge >= 0.3 is 0 Å². The number of aromatic nitrogens is 2. The van der Waals surface area contributed by atoms with E-state index in [-0.39, 0.29) is 17.8 Å². The maximum absolute atomic E-state index is 13.4. The zero-order valence-electron chi connectivity index (χ0n) is 10.6. The van der Waals surface area contributed by atoms with Crippen molar-refractivity contribution in [1.29, 1.82) is 0 Å². The Bertz CT molecular complexity index is 593. The predicted molar refractivity (Wildman–Crippen MR) is 66.6 cm³/mol. The quantitative estimate of drug-likeness (QED) is 0.831. The fourth-order valence-corrected chi connectivity index (χ4v) is 1.88. The molecule has 1 heterocycles. The minimum atomic E-state index is -0.672. The van der Waals surface area contributed by atoms with Gasteiger partial charge in [-0.2, -0.15) is 5.10 Å². The van der Waals surface area contributed by atoms with Gasteiger partial charge in [0.2, 0.25) is 0 Å². The molecule has 0 unspecified atom stereocenters. The van der Waals surface area contributed by atoms with Gasteiger partial charge in [0.05, 0.1) is 0 Å². The van der Waals surface area contributed by atoms with Gasteiger partial charge in [-0.25, -0.2) is 8.78 Å². The zero-order chi connectivity index (χ0) is 13.8. The van der Waals surface area contributed by atoms with Crippen molar-refractivity contribution in [2.75, 3.05) is 0 Å². The van der Waals surface area contributed by atoms with Crippen molar-refractivity contribution < 1.29 is 13.6 Å². The summed E-state index contributed by atoms with van der Waals surface area (Å²) in [7, 11) is 1.81. The molecule has 2 aromatic rings. The molecule has 2 rings (SSSR count). The number of hydrogen-bond donors (Lipinski definition) is 0. The van der Waals surface area contributed by atoms with Crippen LogP contribution in [-0.4, -0.2) is 15.6 Å². The number of hydrogen-bond acceptors (Lipinski definition) is 2. The summed E-state index contributed by atoms with van der Waals surface area (Å²) in [6, 6.07) is 5.11. The summed E-state index contributed by atoms with van der Waals surface area (Å²) in [6.07, 6.45) is 2.54. The number of nitrogens with zero attached hydrogens (tertiary/aromatic N) is 2. The minimum Gasteiger partial charge on any atom is -0.299 e. The molecule has 0 bridgehead atoms. The Kier molecular flexibility index (Phi) is 4.04. The standard InChI is InChI=1S/C14H14F2N2O/c1-18-12(6-7-17-18)4-5-13(19)8-10-2-3-11(15)9-14(10)16/h2-3,6-7,9H,4-5,8H2,1H3. The van der Waals surface area contributed by atoms with E-state index in [1.54, 1.807) is 17.9 Å². The van der Waals surface area contributed by atoms with Crippen molar-refractivity contribution in [2.45, 2.75) is 19.3 Å². The highest BCUT2D eigenvalue weighted by molar-refractivity contribution is 5.81. The molecule has 0 fully saturated rings. The van der Waals surface area contributed by atoms with Gasteiger partial charge in [-0.1, -0.05) is 6.07 Å². The van der Waals surface area contributed by atoms with Crippen molar-refractivity contribution in [3.63, 3.8) is 0 Å². The molecule has 1 aromatic carbocycles. The van der Waals surface area contributed by atoms with E-state index in [0.29, 0.717) is 12.8 Å². The molecule has 0 amide bonds. The van der Waals surface area contributed by atoms with E-state index < -0.39 is 11.6 Å². The monoisotopic (exact) mass is 264 g/mol. The van der Waals surface area contributed by atoms with Gasteiger partial charge < -0.3 is 0 Å². The van der Waals surface area contributed by atoms with Crippen LogP contribution in [0.2, 0.25) is 0 Å². The van der Waals surface area contributed by atoms with Crippen molar-refractivity contribution in [3.8, 4) is 0 Å². The van der Waals surface area contributed by atoms with Crippen LogP contribution in [0, 0.1) is 11.6 Å². The Balaban J connectivity index is 1.93. The number of aryl methyl sites for hydroxylation is 2. The Labute approximate surface area is 109 Å². The van der Waals surface area contributed by atoms with Gasteiger partial charge in [0.25, 0.3) is 0 Å². The topological polar surface area (TPSA) is 34.9 Å². The van der Waals surface area contributed by atoms with E-state index in [1.807, 2.05) is 6.07 Å². The van der Waals surface area contributed by atoms with Gasteiger partial charge in [-0.3, -0.25) is 9.48 Å². The smallest absolute Gasteiger partial charge is 0.137 e. The van der Waals surface area contributed by atoms with E-state index in [1.165, 1.54) is 6.07 Å². The molecule has 0 saturated carbocycles. The zero-order valence-corrected chi connectivity index (χ0v) is 10.6. The van der Waals surface area contributed by atoms with Gasteiger partial charge in [-0.05, 0) is 24.1 Å². The van der Waals surface area contributed by atoms with Gasteiger partial charge in [0.15, 0.2) is 0 Å². The molecule has 0 aliphatic carbocycles. The largest absolute Gasteiger partial charge is 0.299 e. The number of carbonyl (C=O) groups excluding carboxylic acids is 1. The lowest BCUT2D eigenvalue weighted by Gasteiger charge is -2.04. The maximum atomic E-state index is 13.4. The third-order valence-corrected chi connectivity index (χ3v) is 2.99. The summed E-state index contributed by atoms with van der Waals surface area (Å²) in [6.45, 7) is 0. The highest BCUT2D eigenvalue weighted by atomic mass is 19.1. The summed E-state index contributed by atoms with van der Waals surface area (Å²) in [5.74, 6) is -1.39. The van der Waals surface area contributed by atoms with Crippen molar-refractivity contribution in [3.05, 3.63) is 53.4 Å². The number of benzene rings is 1. The Morgan fingerprint density at radius 3 is 2.74 bits per heavy atom. The van der Waals surface area contributed by atoms with Crippen molar-refractivity contribution in [1.82, 2.24) is 9.78 Å². The molecule has 19 heavy (non-hydrogen) atoms. The Hall–Kier alpha value is -2.04. The van der Waals surface area contributed by atoms with Crippen LogP contribution < -0.4 is 0 Å². The van der Waals surface area contributed by atoms with Crippen LogP contribution in [0.1, 0.15) is 17.7 Å². The molecule has 0 N–H and O–H groups in total. The van der Waals surface area contributed by atoms with Crippen molar-refractivity contribution >= 4 is 5.78 Å². The first-order valence-electron chi connectivity index (χ1n) is 5.99. The van der Waals surface area contributed by atoms with E-state index in [0.717, 1.165) is 17.8 Å². The third-order valence-electron chi connectivity index (χ3n) is 2.99. The van der Waals surface area contributed by atoms with Crippen LogP contribution in [0.25, 0.3) is 0 Å². The number of halogens is 2. The second-order valence-corrected chi connectivity index (χ2v) is 4.40. The van der Waals surface area contributed by atoms with Crippen LogP contribution in [0.5, 0.6) is 0 Å². The molecule has 0 aliphatic rings. The third kappa shape index (κ3) is 3.47. The summed E-state index contributed by atoms with van der Waals surface area (Å²) >= 11 is 0. The molecule has 0 spiro atoms. The molecule has 100 valence electrons. The summed E-state index contributed by atoms with van der Waals surface area (Å²) in [5, 5.41) is 4.01. The number of Topliss-reactive ketones (excluding diaryl/α,β-unsaturated/α-hetero) is 1. The van der Waals surface area contributed by atoms with Crippen LogP contribution in [0.15, 0.2) is 30.5 Å². The van der Waals surface area contributed by atoms with E-state index >= 15 is 0 Å². The normalized spacial score (nSPS) is 10.7. The van der Waals surface area contributed by atoms with Gasteiger partial charge in [0.1, 0.15) is 17.4 Å². The first-order chi connectivity index (χ1) is 9.06. The van der Waals surface area contributed by atoms with E-state index in [2.05, 4.69) is 5.10 Å². The number of carbonyl (C=O) groups is 1. The molecular formula is C14H14F2N2O. The fourth-order valence-electron chi connectivity index (χ4n) is 1.88. The SMILES string of the molecule is Cn1nccc1CCC(=O)Cc1ccc(F)cc1F. The van der Waals surface area contributed by atoms with Crippen LogP contribution in [0.3, 0.4) is 0 Å². The second-order valence-electron chi connectivity index (χ2n) is 4.40. The molecule has 0 atom stereocenters. The van der Waals surface area contributed by atoms with Crippen LogP contribution in [-0.2, 0) is 24.7 Å². The van der Waals surface area contributed by atoms with E-state index in [9.17, 15) is 13.6 Å². The molecule has 0 saturated heterocycles. The van der Waals surface area contributed by atoms with Gasteiger partial charge in [0, 0.05) is 37.8 Å². The predicted octanol–water partition coefficient (Wildman–Crippen LogP) is 2.44. The molecule has 1 aromatic heterocycles. The summed E-state index contributed by atoms with van der Waals surface area (Å²) in [4.78, 5) is 11.8. The first kappa shape index (κ1) is 13.4. The Morgan fingerprint density at radius 1 is 1.32 bits per heavy atom. The second kappa shape index (κ2) is 5.73. The van der Waals surface area contributed by atoms with Gasteiger partial charge in [-0.15, -0.1) is 0 Å². The number of rotatable bonds is 5. The summed E-state index contributed by atoms with van der Waals surface area (Å²) < 4.78 is 27.8. The molecule has 5 heteroatoms. The van der Waals surface area contributed by atoms with Crippen molar-refractivity contribution in [2.24, 2.45) is 7.05 Å². The molecule has 3 nitrogen and oxygen atoms in total. The highest BCUT2D eigenvalue weighted by Crippen LogP contribution is 2.12. The fraction of sp³-hybridized carbons (Fsp3) is 0.286. The average Bonchev–Trinajstić information content (AvgIpc) is 2.76. The lowest BCUT2D eigenvalue weighted by Crippen LogP contribution is -2.08. The lowest BCUT2D eigenvalue weighted by molar-refractivity contribution is -0.118. The molecule has 0 aliphatic heterocycles. The lowest BCUT2D eigenvalue weighted by atomic mass is 10.0. The highest BCUT2D eigenvalue weighted by Gasteiger charge is 2.10. The average molecular weight is 264 g/mol. The van der Waals surface area contributed by atoms with Crippen LogP contribution >= 0.6 is 0 Å². The summed E-state index contributed by atoms with van der Waals surface area (Å²) in [5.41, 5.74) is 1.18. The minimum absolute atomic E-state index is 0.00996. The van der Waals surface area contributed by atoms with Crippen LogP contribution in [0.4, 0.5) is 8.78 Å². The van der Waals surface area contributed by atoms with E-state index in [4.69, 9.17) is 0 Å². The molecular weight excluding hydrogens is 250 g/mol. The Morgan fingerprint density at radius 2 is 2.11 bits per heavy atom. The number of ketones is 1. The molecule has 0 radical (unpaired) electrons. The maximum Gasteiger partial charge on any atom is 0.137 e. The first-order valence-corrected chi connectivity index (χ1v) is 5.99.